The molecule has 0 saturated carbocycles. The molecule has 0 fully saturated rings. The van der Waals surface area contributed by atoms with Gasteiger partial charge in [0.15, 0.2) is 5.78 Å². The molecule has 0 aliphatic rings. The highest BCUT2D eigenvalue weighted by molar-refractivity contribution is 6.01. The highest BCUT2D eigenvalue weighted by atomic mass is 16.1. The van der Waals surface area contributed by atoms with Crippen molar-refractivity contribution in [3.63, 3.8) is 0 Å². The zero-order chi connectivity index (χ0) is 14.4. The molecule has 0 amide bonds. The molecule has 1 unspecified atom stereocenters. The normalized spacial score (nSPS) is 11.6. The van der Waals surface area contributed by atoms with Gasteiger partial charge in [-0.25, -0.2) is 0 Å². The van der Waals surface area contributed by atoms with E-state index < -0.39 is 0 Å². The summed E-state index contributed by atoms with van der Waals surface area (Å²) in [7, 11) is 0. The maximum Gasteiger partial charge on any atom is 0.170 e. The molecular weight excluding hydrogens is 246 g/mol. The van der Waals surface area contributed by atoms with Crippen LogP contribution in [0.3, 0.4) is 0 Å². The van der Waals surface area contributed by atoms with E-state index in [4.69, 9.17) is 5.26 Å². The summed E-state index contributed by atoms with van der Waals surface area (Å²) in [4.78, 5) is 12.7. The molecule has 20 heavy (non-hydrogen) atoms. The molecule has 0 bridgehead atoms. The van der Waals surface area contributed by atoms with Crippen molar-refractivity contribution >= 4 is 5.78 Å². The van der Waals surface area contributed by atoms with Crippen molar-refractivity contribution in [1.82, 2.24) is 0 Å². The zero-order valence-electron chi connectivity index (χ0n) is 11.5. The second-order valence-electron chi connectivity index (χ2n) is 4.84. The molecule has 0 radical (unpaired) electrons. The number of benzene rings is 2. The fraction of sp³-hybridized carbons (Fsp3) is 0.222. The van der Waals surface area contributed by atoms with Gasteiger partial charge in [-0.1, -0.05) is 54.6 Å². The largest absolute Gasteiger partial charge is 0.293 e. The predicted octanol–water partition coefficient (Wildman–Crippen LogP) is 4.27. The van der Waals surface area contributed by atoms with Crippen LogP contribution in [0.25, 0.3) is 0 Å². The van der Waals surface area contributed by atoms with E-state index in [1.165, 1.54) is 0 Å². The van der Waals surface area contributed by atoms with E-state index in [0.717, 1.165) is 11.1 Å². The second-order valence-corrected chi connectivity index (χ2v) is 4.84. The number of hydrogen-bond acceptors (Lipinski definition) is 2. The van der Waals surface area contributed by atoms with Gasteiger partial charge in [0.05, 0.1) is 6.07 Å². The number of hydrogen-bond donors (Lipinski definition) is 0. The van der Waals surface area contributed by atoms with E-state index in [2.05, 4.69) is 6.07 Å². The Kier molecular flexibility index (Phi) is 4.68. The van der Waals surface area contributed by atoms with Gasteiger partial charge in [-0.15, -0.1) is 0 Å². The number of carbonyl (C=O) groups is 1. The lowest BCUT2D eigenvalue weighted by Crippen LogP contribution is -2.14. The first-order valence-corrected chi connectivity index (χ1v) is 6.75. The Morgan fingerprint density at radius 3 is 2.40 bits per heavy atom. The van der Waals surface area contributed by atoms with Gasteiger partial charge in [0, 0.05) is 17.9 Å². The van der Waals surface area contributed by atoms with E-state index in [1.807, 2.05) is 61.5 Å². The fourth-order valence-corrected chi connectivity index (χ4v) is 2.42. The molecule has 2 nitrogen and oxygen atoms in total. The molecule has 0 spiro atoms. The number of Topliss-reactive ketones (excluding diaryl/α,β-unsaturated/α-hetero) is 1. The Morgan fingerprint density at radius 1 is 1.10 bits per heavy atom. The fourth-order valence-electron chi connectivity index (χ4n) is 2.42. The van der Waals surface area contributed by atoms with Crippen molar-refractivity contribution in [2.24, 2.45) is 0 Å². The first kappa shape index (κ1) is 14.0. The van der Waals surface area contributed by atoms with E-state index >= 15 is 0 Å². The van der Waals surface area contributed by atoms with E-state index in [0.29, 0.717) is 18.4 Å². The smallest absolute Gasteiger partial charge is 0.170 e. The third-order valence-electron chi connectivity index (χ3n) is 3.48. The molecule has 2 aromatic rings. The molecule has 100 valence electrons. The molecule has 0 N–H and O–H groups in total. The Hall–Kier alpha value is -2.40. The predicted molar refractivity (Wildman–Crippen MR) is 79.5 cm³/mol. The SMILES string of the molecule is Cc1ccccc1C(CCC#N)C(=O)c1ccccc1. The Balaban J connectivity index is 2.36. The number of nitriles is 1. The minimum Gasteiger partial charge on any atom is -0.293 e. The van der Waals surface area contributed by atoms with Crippen LogP contribution in [0.15, 0.2) is 54.6 Å². The summed E-state index contributed by atoms with van der Waals surface area (Å²) in [5.41, 5.74) is 2.83. The van der Waals surface area contributed by atoms with Crippen molar-refractivity contribution in [2.75, 3.05) is 0 Å². The minimum absolute atomic E-state index is 0.0927. The van der Waals surface area contributed by atoms with E-state index in [-0.39, 0.29) is 11.7 Å². The van der Waals surface area contributed by atoms with Crippen molar-refractivity contribution in [3.05, 3.63) is 71.3 Å². The summed E-state index contributed by atoms with van der Waals surface area (Å²) in [6.07, 6.45) is 0.951. The highest BCUT2D eigenvalue weighted by Gasteiger charge is 2.22. The van der Waals surface area contributed by atoms with E-state index in [9.17, 15) is 4.79 Å². The van der Waals surface area contributed by atoms with Gasteiger partial charge in [0.2, 0.25) is 0 Å². The molecule has 0 saturated heterocycles. The Bertz CT molecular complexity index is 625. The van der Waals surface area contributed by atoms with E-state index in [1.54, 1.807) is 0 Å². The lowest BCUT2D eigenvalue weighted by molar-refractivity contribution is 0.0955. The first-order valence-electron chi connectivity index (χ1n) is 6.75. The quantitative estimate of drug-likeness (QED) is 0.756. The second kappa shape index (κ2) is 6.68. The summed E-state index contributed by atoms with van der Waals surface area (Å²) in [6.45, 7) is 2.01. The van der Waals surface area contributed by atoms with Crippen LogP contribution in [0.2, 0.25) is 0 Å². The van der Waals surface area contributed by atoms with Gasteiger partial charge in [0.25, 0.3) is 0 Å². The molecule has 2 rings (SSSR count). The average Bonchev–Trinajstić information content (AvgIpc) is 2.50. The summed E-state index contributed by atoms with van der Waals surface area (Å²) in [6, 6.07) is 19.3. The van der Waals surface area contributed by atoms with Crippen LogP contribution in [0.4, 0.5) is 0 Å². The maximum absolute atomic E-state index is 12.7. The van der Waals surface area contributed by atoms with Crippen LogP contribution >= 0.6 is 0 Å². The van der Waals surface area contributed by atoms with Crippen LogP contribution in [-0.2, 0) is 0 Å². The van der Waals surface area contributed by atoms with Crippen molar-refractivity contribution in [1.29, 1.82) is 5.26 Å². The molecule has 2 heteroatoms. The van der Waals surface area contributed by atoms with Gasteiger partial charge >= 0.3 is 0 Å². The van der Waals surface area contributed by atoms with Crippen LogP contribution < -0.4 is 0 Å². The van der Waals surface area contributed by atoms with Crippen LogP contribution in [0.5, 0.6) is 0 Å². The molecule has 0 aliphatic heterocycles. The summed E-state index contributed by atoms with van der Waals surface area (Å²) in [5, 5.41) is 8.82. The maximum atomic E-state index is 12.7. The lowest BCUT2D eigenvalue weighted by atomic mass is 9.85. The third kappa shape index (κ3) is 3.13. The molecule has 0 aromatic heterocycles. The summed E-state index contributed by atoms with van der Waals surface area (Å²) < 4.78 is 0. The zero-order valence-corrected chi connectivity index (χ0v) is 11.5. The monoisotopic (exact) mass is 263 g/mol. The average molecular weight is 263 g/mol. The summed E-state index contributed by atoms with van der Waals surface area (Å²) in [5.74, 6) is -0.145. The van der Waals surface area contributed by atoms with Crippen molar-refractivity contribution < 1.29 is 4.79 Å². The van der Waals surface area contributed by atoms with Crippen LogP contribution in [0.1, 0.15) is 40.2 Å². The van der Waals surface area contributed by atoms with Crippen LogP contribution in [0, 0.1) is 18.3 Å². The molecule has 1 atom stereocenters. The number of rotatable bonds is 5. The number of aryl methyl sites for hydroxylation is 1. The van der Waals surface area contributed by atoms with Crippen molar-refractivity contribution in [3.8, 4) is 6.07 Å². The standard InChI is InChI=1S/C18H17NO/c1-14-8-5-6-11-16(14)17(12-7-13-19)18(20)15-9-3-2-4-10-15/h2-6,8-11,17H,7,12H2,1H3. The number of carbonyl (C=O) groups excluding carboxylic acids is 1. The molecule has 0 aliphatic carbocycles. The summed E-state index contributed by atoms with van der Waals surface area (Å²) >= 11 is 0. The molecule has 2 aromatic carbocycles. The Labute approximate surface area is 119 Å². The third-order valence-corrected chi connectivity index (χ3v) is 3.48. The topological polar surface area (TPSA) is 40.9 Å². The molecular formula is C18H17NO. The van der Waals surface area contributed by atoms with Gasteiger partial charge in [-0.2, -0.15) is 5.26 Å². The van der Waals surface area contributed by atoms with Crippen LogP contribution in [-0.4, -0.2) is 5.78 Å². The minimum atomic E-state index is -0.238. The number of nitrogens with zero attached hydrogens (tertiary/aromatic N) is 1. The van der Waals surface area contributed by atoms with Gasteiger partial charge in [-0.05, 0) is 24.5 Å². The van der Waals surface area contributed by atoms with Gasteiger partial charge < -0.3 is 0 Å². The molecule has 0 heterocycles. The van der Waals surface area contributed by atoms with Crippen molar-refractivity contribution in [2.45, 2.75) is 25.7 Å². The number of ketones is 1. The lowest BCUT2D eigenvalue weighted by Gasteiger charge is -2.17. The highest BCUT2D eigenvalue weighted by Crippen LogP contribution is 2.28. The van der Waals surface area contributed by atoms with Gasteiger partial charge in [0.1, 0.15) is 0 Å². The van der Waals surface area contributed by atoms with Gasteiger partial charge in [-0.3, -0.25) is 4.79 Å². The Morgan fingerprint density at radius 2 is 1.75 bits per heavy atom. The first-order chi connectivity index (χ1) is 9.74.